The Morgan fingerprint density at radius 3 is 2.83 bits per heavy atom. The summed E-state index contributed by atoms with van der Waals surface area (Å²) in [6.07, 6.45) is 3.36. The summed E-state index contributed by atoms with van der Waals surface area (Å²) in [6.45, 7) is 0. The number of carboxylic acid groups (broad SMARTS) is 1. The lowest BCUT2D eigenvalue weighted by molar-refractivity contribution is -0.143. The first kappa shape index (κ1) is 11.2. The molecular weight excluding hydrogens is 228 g/mol. The molecule has 1 N–H and O–H groups in total. The van der Waals surface area contributed by atoms with Gasteiger partial charge < -0.3 is 5.11 Å². The van der Waals surface area contributed by atoms with Crippen LogP contribution < -0.4 is 0 Å². The maximum absolute atomic E-state index is 11.6. The number of benzene rings is 1. The minimum absolute atomic E-state index is 0.00454. The summed E-state index contributed by atoms with van der Waals surface area (Å²) in [4.78, 5) is 23.0. The molecule has 0 saturated heterocycles. The fourth-order valence-corrected chi connectivity index (χ4v) is 3.12. The van der Waals surface area contributed by atoms with E-state index in [9.17, 15) is 14.7 Å². The number of hydrogen-bond donors (Lipinski definition) is 1. The van der Waals surface area contributed by atoms with Gasteiger partial charge in [-0.15, -0.1) is 0 Å². The standard InChI is InChI=1S/C15H14O3/c16-10-5-6-12-13(8-10)11-4-2-1-3-9(11)7-14(12)15(17)18/h1-4,8,12,14H,5-7H2,(H,17,18)/t12-,14-/m1/s1. The molecule has 3 nitrogen and oxygen atoms in total. The van der Waals surface area contributed by atoms with Crippen LogP contribution in [0.25, 0.3) is 5.57 Å². The van der Waals surface area contributed by atoms with Gasteiger partial charge in [0.2, 0.25) is 0 Å². The van der Waals surface area contributed by atoms with Crippen LogP contribution in [0.4, 0.5) is 0 Å². The van der Waals surface area contributed by atoms with Gasteiger partial charge in [-0.05, 0) is 41.5 Å². The third kappa shape index (κ3) is 1.67. The Labute approximate surface area is 105 Å². The molecule has 3 rings (SSSR count). The first-order valence-electron chi connectivity index (χ1n) is 6.22. The SMILES string of the molecule is O=C1C=C2c3ccccc3C[C@@H](C(=O)O)[C@@H]2CC1. The average molecular weight is 242 g/mol. The largest absolute Gasteiger partial charge is 0.481 e. The van der Waals surface area contributed by atoms with Crippen LogP contribution in [0.15, 0.2) is 30.3 Å². The molecule has 0 amide bonds. The molecule has 0 unspecified atom stereocenters. The van der Waals surface area contributed by atoms with Gasteiger partial charge >= 0.3 is 5.97 Å². The number of fused-ring (bicyclic) bond motifs is 3. The number of carbonyl (C=O) groups excluding carboxylic acids is 1. The minimum atomic E-state index is -0.755. The van der Waals surface area contributed by atoms with Crippen LogP contribution in [0.1, 0.15) is 24.0 Å². The highest BCUT2D eigenvalue weighted by Gasteiger charge is 2.38. The van der Waals surface area contributed by atoms with Crippen molar-refractivity contribution in [3.8, 4) is 0 Å². The van der Waals surface area contributed by atoms with Crippen molar-refractivity contribution >= 4 is 17.3 Å². The van der Waals surface area contributed by atoms with Gasteiger partial charge in [0.1, 0.15) is 0 Å². The van der Waals surface area contributed by atoms with Gasteiger partial charge in [0.25, 0.3) is 0 Å². The van der Waals surface area contributed by atoms with Crippen molar-refractivity contribution in [1.82, 2.24) is 0 Å². The Hall–Kier alpha value is -1.90. The predicted octanol–water partition coefficient (Wildman–Crippen LogP) is 2.31. The molecule has 0 bridgehead atoms. The Kier molecular flexibility index (Phi) is 2.54. The fraction of sp³-hybridized carbons (Fsp3) is 0.333. The molecule has 0 saturated carbocycles. The van der Waals surface area contributed by atoms with Crippen LogP contribution in [0.2, 0.25) is 0 Å². The fourth-order valence-electron chi connectivity index (χ4n) is 3.12. The second-order valence-corrected chi connectivity index (χ2v) is 5.02. The lowest BCUT2D eigenvalue weighted by Crippen LogP contribution is -2.33. The summed E-state index contributed by atoms with van der Waals surface area (Å²) in [5.74, 6) is -1.04. The maximum Gasteiger partial charge on any atom is 0.307 e. The highest BCUT2D eigenvalue weighted by atomic mass is 16.4. The molecular formula is C15H14O3. The third-order valence-electron chi connectivity index (χ3n) is 3.99. The van der Waals surface area contributed by atoms with E-state index in [1.165, 1.54) is 0 Å². The molecule has 3 heteroatoms. The summed E-state index contributed by atoms with van der Waals surface area (Å²) >= 11 is 0. The Morgan fingerprint density at radius 1 is 1.28 bits per heavy atom. The molecule has 0 aliphatic heterocycles. The van der Waals surface area contributed by atoms with Crippen molar-refractivity contribution in [2.24, 2.45) is 11.8 Å². The van der Waals surface area contributed by atoms with E-state index in [0.717, 1.165) is 16.7 Å². The van der Waals surface area contributed by atoms with Gasteiger partial charge in [-0.2, -0.15) is 0 Å². The number of rotatable bonds is 1. The molecule has 92 valence electrons. The number of hydrogen-bond acceptors (Lipinski definition) is 2. The van der Waals surface area contributed by atoms with E-state index in [4.69, 9.17) is 0 Å². The lowest BCUT2D eigenvalue weighted by atomic mass is 9.68. The predicted molar refractivity (Wildman–Crippen MR) is 67.0 cm³/mol. The Balaban J connectivity index is 2.15. The summed E-state index contributed by atoms with van der Waals surface area (Å²) < 4.78 is 0. The van der Waals surface area contributed by atoms with Gasteiger partial charge in [-0.1, -0.05) is 24.3 Å². The van der Waals surface area contributed by atoms with Crippen molar-refractivity contribution in [2.75, 3.05) is 0 Å². The number of carbonyl (C=O) groups is 2. The van der Waals surface area contributed by atoms with E-state index in [1.54, 1.807) is 6.08 Å². The van der Waals surface area contributed by atoms with Gasteiger partial charge in [0.05, 0.1) is 5.92 Å². The Bertz CT molecular complexity index is 557. The topological polar surface area (TPSA) is 54.4 Å². The van der Waals surface area contributed by atoms with E-state index in [0.29, 0.717) is 19.3 Å². The molecule has 2 atom stereocenters. The molecule has 18 heavy (non-hydrogen) atoms. The molecule has 0 spiro atoms. The van der Waals surface area contributed by atoms with E-state index in [1.807, 2.05) is 24.3 Å². The first-order chi connectivity index (χ1) is 8.66. The number of allylic oxidation sites excluding steroid dienone is 2. The van der Waals surface area contributed by atoms with Crippen LogP contribution in [-0.4, -0.2) is 16.9 Å². The zero-order chi connectivity index (χ0) is 12.7. The zero-order valence-corrected chi connectivity index (χ0v) is 9.93. The van der Waals surface area contributed by atoms with Crippen LogP contribution in [-0.2, 0) is 16.0 Å². The van der Waals surface area contributed by atoms with Gasteiger partial charge in [0, 0.05) is 6.42 Å². The summed E-state index contributed by atoms with van der Waals surface area (Å²) in [6, 6.07) is 7.81. The number of carboxylic acids is 1. The van der Waals surface area contributed by atoms with Crippen LogP contribution in [0, 0.1) is 11.8 Å². The van der Waals surface area contributed by atoms with Crippen LogP contribution >= 0.6 is 0 Å². The van der Waals surface area contributed by atoms with Gasteiger partial charge in [-0.3, -0.25) is 9.59 Å². The zero-order valence-electron chi connectivity index (χ0n) is 9.93. The molecule has 0 radical (unpaired) electrons. The second-order valence-electron chi connectivity index (χ2n) is 5.02. The monoisotopic (exact) mass is 242 g/mol. The normalized spacial score (nSPS) is 26.0. The molecule has 2 aliphatic carbocycles. The van der Waals surface area contributed by atoms with Crippen molar-refractivity contribution < 1.29 is 14.7 Å². The number of ketones is 1. The average Bonchev–Trinajstić information content (AvgIpc) is 2.37. The summed E-state index contributed by atoms with van der Waals surface area (Å²) in [7, 11) is 0. The quantitative estimate of drug-likeness (QED) is 0.822. The molecule has 2 aliphatic rings. The smallest absolute Gasteiger partial charge is 0.307 e. The molecule has 0 aromatic heterocycles. The highest BCUT2D eigenvalue weighted by Crippen LogP contribution is 2.43. The van der Waals surface area contributed by atoms with E-state index in [2.05, 4.69) is 0 Å². The van der Waals surface area contributed by atoms with Gasteiger partial charge in [-0.25, -0.2) is 0 Å². The Morgan fingerprint density at radius 2 is 2.06 bits per heavy atom. The molecule has 0 heterocycles. The summed E-state index contributed by atoms with van der Waals surface area (Å²) in [5.41, 5.74) is 3.04. The van der Waals surface area contributed by atoms with Crippen molar-refractivity contribution in [2.45, 2.75) is 19.3 Å². The van der Waals surface area contributed by atoms with Crippen LogP contribution in [0.3, 0.4) is 0 Å². The molecule has 0 fully saturated rings. The second kappa shape index (κ2) is 4.09. The van der Waals surface area contributed by atoms with E-state index in [-0.39, 0.29) is 17.6 Å². The van der Waals surface area contributed by atoms with E-state index < -0.39 is 5.97 Å². The van der Waals surface area contributed by atoms with Crippen LogP contribution in [0.5, 0.6) is 0 Å². The van der Waals surface area contributed by atoms with Crippen molar-refractivity contribution in [1.29, 1.82) is 0 Å². The number of aliphatic carboxylic acids is 1. The van der Waals surface area contributed by atoms with Gasteiger partial charge in [0.15, 0.2) is 5.78 Å². The third-order valence-corrected chi connectivity index (χ3v) is 3.99. The first-order valence-corrected chi connectivity index (χ1v) is 6.22. The maximum atomic E-state index is 11.6. The highest BCUT2D eigenvalue weighted by molar-refractivity contribution is 6.00. The molecule has 1 aromatic carbocycles. The summed E-state index contributed by atoms with van der Waals surface area (Å²) in [5, 5.41) is 9.36. The van der Waals surface area contributed by atoms with E-state index >= 15 is 0 Å². The van der Waals surface area contributed by atoms with Crippen molar-refractivity contribution in [3.63, 3.8) is 0 Å². The van der Waals surface area contributed by atoms with Crippen molar-refractivity contribution in [3.05, 3.63) is 41.5 Å². The minimum Gasteiger partial charge on any atom is -0.481 e. The molecule has 1 aromatic rings. The lowest BCUT2D eigenvalue weighted by Gasteiger charge is -2.35.